The number of para-hydroxylation sites is 16. The van der Waals surface area contributed by atoms with Crippen LogP contribution < -0.4 is 39.2 Å². The molecule has 1 aliphatic carbocycles. The first-order valence-electron chi connectivity index (χ1n) is 34.7. The predicted molar refractivity (Wildman–Crippen MR) is 405 cm³/mol. The van der Waals surface area contributed by atoms with E-state index < -0.39 is 5.41 Å². The topological polar surface area (TPSA) is 25.9 Å². The zero-order chi connectivity index (χ0) is 65.1. The molecular formula is C88H80N8. The maximum Gasteiger partial charge on any atom is 0.0716 e. The van der Waals surface area contributed by atoms with Crippen molar-refractivity contribution >= 4 is 114 Å². The molecule has 0 amide bonds. The SMILES string of the molecule is CCC(C)N1c2ccccc2N(c2cc(N3c4ccccc4N(C(C)C)c4ccccc43)cc(C3(c4cc(N5c6ccccc6N(C(C)CC)c6ccccc65)cc(N5c6ccccc6N(C(C)CC)c6ccccc65)c4)c4ccccc4-c4ccccc43)c2)c2ccccc21. The lowest BCUT2D eigenvalue weighted by Gasteiger charge is -2.45. The van der Waals surface area contributed by atoms with E-state index in [9.17, 15) is 0 Å². The summed E-state index contributed by atoms with van der Waals surface area (Å²) in [6.07, 6.45) is 2.96. The molecule has 0 spiro atoms. The highest BCUT2D eigenvalue weighted by molar-refractivity contribution is 6.05. The van der Waals surface area contributed by atoms with Crippen molar-refractivity contribution in [2.75, 3.05) is 39.2 Å². The second-order valence-electron chi connectivity index (χ2n) is 26.9. The van der Waals surface area contributed by atoms with Crippen LogP contribution in [-0.4, -0.2) is 24.2 Å². The third kappa shape index (κ3) is 8.73. The van der Waals surface area contributed by atoms with E-state index in [2.05, 4.69) is 374 Å². The van der Waals surface area contributed by atoms with E-state index >= 15 is 0 Å². The van der Waals surface area contributed by atoms with Gasteiger partial charge in [0.25, 0.3) is 0 Å². The van der Waals surface area contributed by atoms with Gasteiger partial charge in [-0.25, -0.2) is 0 Å². The molecule has 0 N–H and O–H groups in total. The molecule has 8 heteroatoms. The Labute approximate surface area is 566 Å². The van der Waals surface area contributed by atoms with Gasteiger partial charge in [0.1, 0.15) is 0 Å². The number of hydrogen-bond donors (Lipinski definition) is 0. The maximum atomic E-state index is 2.57. The Balaban J connectivity index is 1.03. The summed E-state index contributed by atoms with van der Waals surface area (Å²) in [7, 11) is 0. The molecule has 0 saturated carbocycles. The first-order valence-corrected chi connectivity index (χ1v) is 34.7. The first kappa shape index (κ1) is 58.8. The largest absolute Gasteiger partial charge is 0.336 e. The fraction of sp³-hybridized carbons (Fsp3) is 0.182. The lowest BCUT2D eigenvalue weighted by molar-refractivity contribution is 0.685. The molecule has 3 atom stereocenters. The van der Waals surface area contributed by atoms with E-state index in [1.807, 2.05) is 0 Å². The highest BCUT2D eigenvalue weighted by Crippen LogP contribution is 2.64. The lowest BCUT2D eigenvalue weighted by atomic mass is 9.67. The van der Waals surface area contributed by atoms with Crippen molar-refractivity contribution in [1.82, 2.24) is 0 Å². The number of anilines is 20. The normalized spacial score (nSPS) is 15.3. The van der Waals surface area contributed by atoms with Gasteiger partial charge >= 0.3 is 0 Å². The molecule has 0 radical (unpaired) electrons. The van der Waals surface area contributed by atoms with Gasteiger partial charge in [-0.2, -0.15) is 0 Å². The van der Waals surface area contributed by atoms with Crippen molar-refractivity contribution < 1.29 is 0 Å². The van der Waals surface area contributed by atoms with E-state index in [0.29, 0.717) is 0 Å². The summed E-state index contributed by atoms with van der Waals surface area (Å²) >= 11 is 0. The fourth-order valence-corrected chi connectivity index (χ4v) is 16.7. The average Bonchev–Trinajstić information content (AvgIpc) is 1.43. The predicted octanol–water partition coefficient (Wildman–Crippen LogP) is 24.5. The third-order valence-electron chi connectivity index (χ3n) is 21.3. The zero-order valence-corrected chi connectivity index (χ0v) is 56.1. The minimum Gasteiger partial charge on any atom is -0.336 e. The summed E-state index contributed by atoms with van der Waals surface area (Å²) < 4.78 is 0. The van der Waals surface area contributed by atoms with Crippen LogP contribution >= 0.6 is 0 Å². The van der Waals surface area contributed by atoms with E-state index in [1.54, 1.807) is 0 Å². The minimum absolute atomic E-state index is 0.191. The third-order valence-corrected chi connectivity index (χ3v) is 21.3. The van der Waals surface area contributed by atoms with E-state index in [-0.39, 0.29) is 24.2 Å². The smallest absolute Gasteiger partial charge is 0.0716 e. The average molecular weight is 1250 g/mol. The van der Waals surface area contributed by atoms with Gasteiger partial charge in [0.2, 0.25) is 0 Å². The number of nitrogens with zero attached hydrogens (tertiary/aromatic N) is 8. The summed E-state index contributed by atoms with van der Waals surface area (Å²) in [5, 5.41) is 0. The Morgan fingerprint density at radius 1 is 0.240 bits per heavy atom. The van der Waals surface area contributed by atoms with Gasteiger partial charge in [-0.05, 0) is 221 Å². The van der Waals surface area contributed by atoms with Crippen molar-refractivity contribution in [3.63, 3.8) is 0 Å². The number of rotatable bonds is 13. The lowest BCUT2D eigenvalue weighted by Crippen LogP contribution is -2.35. The molecule has 472 valence electrons. The molecule has 8 nitrogen and oxygen atoms in total. The van der Waals surface area contributed by atoms with Crippen molar-refractivity contribution in [2.45, 2.75) is 104 Å². The second kappa shape index (κ2) is 23.2. The van der Waals surface area contributed by atoms with Gasteiger partial charge in [0, 0.05) is 46.9 Å². The monoisotopic (exact) mass is 1250 g/mol. The fourth-order valence-electron chi connectivity index (χ4n) is 16.7. The summed E-state index contributed by atoms with van der Waals surface area (Å²) in [4.78, 5) is 20.5. The first-order chi connectivity index (χ1) is 47.1. The van der Waals surface area contributed by atoms with Crippen LogP contribution in [0.15, 0.2) is 279 Å². The van der Waals surface area contributed by atoms with Crippen LogP contribution in [-0.2, 0) is 5.41 Å². The van der Waals surface area contributed by atoms with Crippen molar-refractivity contribution in [3.05, 3.63) is 301 Å². The van der Waals surface area contributed by atoms with Crippen LogP contribution in [0.2, 0.25) is 0 Å². The van der Waals surface area contributed by atoms with Crippen LogP contribution in [0.5, 0.6) is 0 Å². The van der Waals surface area contributed by atoms with Crippen molar-refractivity contribution in [1.29, 1.82) is 0 Å². The molecule has 3 unspecified atom stereocenters. The Morgan fingerprint density at radius 2 is 0.438 bits per heavy atom. The summed E-state index contributed by atoms with van der Waals surface area (Å²) in [6, 6.07) is 107. The van der Waals surface area contributed by atoms with Crippen LogP contribution in [0.4, 0.5) is 114 Å². The van der Waals surface area contributed by atoms with Crippen molar-refractivity contribution in [3.8, 4) is 11.1 Å². The van der Waals surface area contributed by atoms with E-state index in [4.69, 9.17) is 0 Å². The van der Waals surface area contributed by atoms with Gasteiger partial charge in [-0.3, -0.25) is 0 Å². The van der Waals surface area contributed by atoms with Crippen molar-refractivity contribution in [2.24, 2.45) is 0 Å². The van der Waals surface area contributed by atoms with E-state index in [0.717, 1.165) is 98.6 Å². The molecule has 17 rings (SSSR count). The zero-order valence-electron chi connectivity index (χ0n) is 56.1. The molecule has 4 aliphatic heterocycles. The molecule has 5 aliphatic rings. The van der Waals surface area contributed by atoms with Gasteiger partial charge < -0.3 is 39.2 Å². The molecule has 0 saturated heterocycles. The Bertz CT molecular complexity index is 4650. The van der Waals surface area contributed by atoms with Gasteiger partial charge in [-0.1, -0.05) is 166 Å². The standard InChI is InChI=1S/C88H80N8/c1-9-59(6)90-74-38-18-26-46-82(74)94(83-47-27-19-39-75(83)90)65-53-62(52-64(56-65)93-80-44-24-16-36-72(80)89(58(4)5)73-37-17-25-45-81(73)93)88(70-34-14-12-32-68(70)69-33-13-15-35-71(69)88)63-54-66(95-84-48-28-20-40-76(84)91(60(7)10-2)77-41-21-29-49-85(77)95)57-67(55-63)96-86-50-30-22-42-78(86)92(61(8)11-3)79-43-23-31-51-87(79)96/h12-61H,9-11H2,1-8H3. The highest BCUT2D eigenvalue weighted by Gasteiger charge is 2.49. The summed E-state index contributed by atoms with van der Waals surface area (Å²) in [5.74, 6) is 0. The second-order valence-corrected chi connectivity index (χ2v) is 26.9. The maximum absolute atomic E-state index is 2.57. The Hall–Kier alpha value is -11.0. The molecule has 4 heterocycles. The molecule has 96 heavy (non-hydrogen) atoms. The molecule has 12 aromatic carbocycles. The number of benzene rings is 12. The highest BCUT2D eigenvalue weighted by atomic mass is 15.3. The summed E-state index contributed by atoms with van der Waals surface area (Å²) in [6.45, 7) is 18.6. The van der Waals surface area contributed by atoms with Gasteiger partial charge in [0.05, 0.1) is 96.4 Å². The Kier molecular flexibility index (Phi) is 14.2. The van der Waals surface area contributed by atoms with Crippen LogP contribution in [0.1, 0.15) is 96.9 Å². The van der Waals surface area contributed by atoms with Gasteiger partial charge in [0.15, 0.2) is 0 Å². The van der Waals surface area contributed by atoms with Crippen LogP contribution in [0, 0.1) is 0 Å². The summed E-state index contributed by atoms with van der Waals surface area (Å²) in [5.41, 5.74) is 29.1. The van der Waals surface area contributed by atoms with Crippen LogP contribution in [0.3, 0.4) is 0 Å². The molecular weight excluding hydrogens is 1170 g/mol. The number of hydrogen-bond acceptors (Lipinski definition) is 8. The quantitative estimate of drug-likeness (QED) is 0.113. The molecule has 0 fully saturated rings. The number of fused-ring (bicyclic) bond motifs is 11. The molecule has 0 bridgehead atoms. The Morgan fingerprint density at radius 3 is 0.656 bits per heavy atom. The van der Waals surface area contributed by atoms with Crippen LogP contribution in [0.25, 0.3) is 11.1 Å². The van der Waals surface area contributed by atoms with E-state index in [1.165, 1.54) is 67.8 Å². The van der Waals surface area contributed by atoms with Gasteiger partial charge in [-0.15, -0.1) is 0 Å². The minimum atomic E-state index is -0.950. The molecule has 0 aromatic heterocycles. The molecule has 12 aromatic rings.